The van der Waals surface area contributed by atoms with Crippen LogP contribution in [0.4, 0.5) is 5.69 Å². The lowest BCUT2D eigenvalue weighted by molar-refractivity contribution is 0.102. The van der Waals surface area contributed by atoms with Gasteiger partial charge in [-0.2, -0.15) is 0 Å². The number of carbonyl (C=O) groups is 1. The third-order valence-electron chi connectivity index (χ3n) is 2.89. The van der Waals surface area contributed by atoms with Gasteiger partial charge in [-0.05, 0) is 30.5 Å². The summed E-state index contributed by atoms with van der Waals surface area (Å²) in [7, 11) is 0. The topological polar surface area (TPSA) is 67.8 Å². The van der Waals surface area contributed by atoms with Crippen molar-refractivity contribution < 1.29 is 4.79 Å². The van der Waals surface area contributed by atoms with Crippen molar-refractivity contribution in [3.63, 3.8) is 0 Å². The summed E-state index contributed by atoms with van der Waals surface area (Å²) in [5.74, 6) is -0.295. The second-order valence-electron chi connectivity index (χ2n) is 4.26. The van der Waals surface area contributed by atoms with Crippen LogP contribution in [0.5, 0.6) is 0 Å². The monoisotopic (exact) mass is 296 g/mol. The van der Waals surface area contributed by atoms with Gasteiger partial charge in [0.2, 0.25) is 0 Å². The number of para-hydroxylation sites is 2. The van der Waals surface area contributed by atoms with Crippen molar-refractivity contribution in [3.05, 3.63) is 54.5 Å². The number of amides is 1. The van der Waals surface area contributed by atoms with E-state index in [-0.39, 0.29) is 11.6 Å². The number of hydrogen-bond donors (Lipinski definition) is 1. The quantitative estimate of drug-likeness (QED) is 0.752. The van der Waals surface area contributed by atoms with Crippen LogP contribution in [0, 0.1) is 0 Å². The highest BCUT2D eigenvalue weighted by molar-refractivity contribution is 7.98. The van der Waals surface area contributed by atoms with Gasteiger partial charge in [0.05, 0.1) is 22.9 Å². The van der Waals surface area contributed by atoms with Gasteiger partial charge in [0.15, 0.2) is 0 Å². The Kier molecular flexibility index (Phi) is 3.79. The third kappa shape index (κ3) is 2.85. The van der Waals surface area contributed by atoms with Crippen molar-refractivity contribution in [2.45, 2.75) is 5.03 Å². The fraction of sp³-hybridized carbons (Fsp3) is 0.0667. The zero-order chi connectivity index (χ0) is 14.7. The number of anilines is 1. The number of benzene rings is 1. The summed E-state index contributed by atoms with van der Waals surface area (Å²) in [5.41, 5.74) is 2.41. The number of pyridine rings is 1. The maximum Gasteiger partial charge on any atom is 0.275 e. The van der Waals surface area contributed by atoms with Crippen molar-refractivity contribution in [1.82, 2.24) is 15.0 Å². The van der Waals surface area contributed by atoms with Gasteiger partial charge in [-0.15, -0.1) is 11.8 Å². The average Bonchev–Trinajstić information content (AvgIpc) is 2.55. The summed E-state index contributed by atoms with van der Waals surface area (Å²) in [6.07, 6.45) is 5.08. The van der Waals surface area contributed by atoms with Gasteiger partial charge < -0.3 is 5.32 Å². The molecule has 6 heteroatoms. The molecule has 0 aliphatic rings. The fourth-order valence-electron chi connectivity index (χ4n) is 1.90. The molecule has 0 radical (unpaired) electrons. The Hall–Kier alpha value is -2.47. The molecule has 5 nitrogen and oxygen atoms in total. The van der Waals surface area contributed by atoms with E-state index in [1.807, 2.05) is 36.6 Å². The highest BCUT2D eigenvalue weighted by atomic mass is 32.2. The van der Waals surface area contributed by atoms with Crippen LogP contribution in [-0.4, -0.2) is 27.1 Å². The molecule has 3 aromatic rings. The molecule has 1 N–H and O–H groups in total. The van der Waals surface area contributed by atoms with E-state index in [4.69, 9.17) is 0 Å². The van der Waals surface area contributed by atoms with E-state index in [9.17, 15) is 4.79 Å². The van der Waals surface area contributed by atoms with Crippen LogP contribution in [-0.2, 0) is 0 Å². The molecule has 0 saturated carbocycles. The molecule has 0 saturated heterocycles. The highest BCUT2D eigenvalue weighted by Crippen LogP contribution is 2.22. The Morgan fingerprint density at radius 2 is 1.90 bits per heavy atom. The number of hydrogen-bond acceptors (Lipinski definition) is 5. The highest BCUT2D eigenvalue weighted by Gasteiger charge is 2.11. The van der Waals surface area contributed by atoms with E-state index in [0.717, 1.165) is 10.5 Å². The molecular weight excluding hydrogens is 284 g/mol. The van der Waals surface area contributed by atoms with Crippen molar-refractivity contribution in [2.24, 2.45) is 0 Å². The summed E-state index contributed by atoms with van der Waals surface area (Å²) in [4.78, 5) is 25.0. The van der Waals surface area contributed by atoms with E-state index in [0.29, 0.717) is 11.2 Å². The van der Waals surface area contributed by atoms with Crippen LogP contribution in [0.1, 0.15) is 10.5 Å². The predicted molar refractivity (Wildman–Crippen MR) is 83.5 cm³/mol. The number of aromatic nitrogens is 3. The smallest absolute Gasteiger partial charge is 0.275 e. The normalized spacial score (nSPS) is 10.5. The minimum Gasteiger partial charge on any atom is -0.318 e. The molecule has 21 heavy (non-hydrogen) atoms. The van der Waals surface area contributed by atoms with Crippen LogP contribution in [0.3, 0.4) is 0 Å². The first-order valence-electron chi connectivity index (χ1n) is 6.30. The largest absolute Gasteiger partial charge is 0.318 e. The number of nitrogens with one attached hydrogen (secondary N) is 1. The molecular formula is C15H12N4OS. The minimum absolute atomic E-state index is 0.282. The molecule has 2 heterocycles. The van der Waals surface area contributed by atoms with Gasteiger partial charge in [-0.25, -0.2) is 9.97 Å². The van der Waals surface area contributed by atoms with Crippen molar-refractivity contribution in [1.29, 1.82) is 0 Å². The Morgan fingerprint density at radius 3 is 2.71 bits per heavy atom. The zero-order valence-electron chi connectivity index (χ0n) is 11.3. The second-order valence-corrected chi connectivity index (χ2v) is 5.05. The number of rotatable bonds is 3. The molecule has 0 unspecified atom stereocenters. The Balaban J connectivity index is 1.90. The van der Waals surface area contributed by atoms with E-state index in [1.165, 1.54) is 18.0 Å². The van der Waals surface area contributed by atoms with E-state index < -0.39 is 0 Å². The molecule has 3 rings (SSSR count). The summed E-state index contributed by atoms with van der Waals surface area (Å²) < 4.78 is 0. The van der Waals surface area contributed by atoms with E-state index >= 15 is 0 Å². The van der Waals surface area contributed by atoms with Crippen LogP contribution in [0.2, 0.25) is 0 Å². The molecule has 1 amide bonds. The number of carbonyl (C=O) groups excluding carboxylic acids is 1. The Labute approximate surface area is 125 Å². The summed E-state index contributed by atoms with van der Waals surface area (Å²) in [5, 5.41) is 3.58. The first kappa shape index (κ1) is 13.5. The second kappa shape index (κ2) is 5.88. The third-order valence-corrected chi connectivity index (χ3v) is 3.61. The minimum atomic E-state index is -0.295. The SMILES string of the molecule is CSc1ncccc1NC(=O)c1cnc2ccccc2n1. The van der Waals surface area contributed by atoms with Crippen LogP contribution in [0.25, 0.3) is 11.0 Å². The molecule has 0 bridgehead atoms. The van der Waals surface area contributed by atoms with Crippen LogP contribution >= 0.6 is 11.8 Å². The molecule has 0 fully saturated rings. The lowest BCUT2D eigenvalue weighted by atomic mass is 10.3. The molecule has 0 spiro atoms. The summed E-state index contributed by atoms with van der Waals surface area (Å²) in [6, 6.07) is 11.0. The van der Waals surface area contributed by atoms with Crippen molar-refractivity contribution in [2.75, 3.05) is 11.6 Å². The van der Waals surface area contributed by atoms with Crippen LogP contribution < -0.4 is 5.32 Å². The fourth-order valence-corrected chi connectivity index (χ4v) is 2.41. The maximum absolute atomic E-state index is 12.3. The molecule has 1 aromatic carbocycles. The van der Waals surface area contributed by atoms with Gasteiger partial charge in [0.1, 0.15) is 10.7 Å². The standard InChI is InChI=1S/C15H12N4OS/c1-21-15-12(7-4-8-16-15)19-14(20)13-9-17-10-5-2-3-6-11(10)18-13/h2-9H,1H3,(H,19,20). The lowest BCUT2D eigenvalue weighted by Gasteiger charge is -2.08. The zero-order valence-corrected chi connectivity index (χ0v) is 12.1. The average molecular weight is 296 g/mol. The first-order valence-corrected chi connectivity index (χ1v) is 7.52. The number of fused-ring (bicyclic) bond motifs is 1. The van der Waals surface area contributed by atoms with E-state index in [1.54, 1.807) is 12.3 Å². The lowest BCUT2D eigenvalue weighted by Crippen LogP contribution is -2.15. The summed E-state index contributed by atoms with van der Waals surface area (Å²) in [6.45, 7) is 0. The van der Waals surface area contributed by atoms with Crippen molar-refractivity contribution >= 4 is 34.4 Å². The molecule has 0 atom stereocenters. The molecule has 2 aromatic heterocycles. The Morgan fingerprint density at radius 1 is 1.10 bits per heavy atom. The van der Waals surface area contributed by atoms with Crippen molar-refractivity contribution in [3.8, 4) is 0 Å². The molecule has 0 aliphatic carbocycles. The summed E-state index contributed by atoms with van der Waals surface area (Å²) >= 11 is 1.47. The number of thioether (sulfide) groups is 1. The van der Waals surface area contributed by atoms with Gasteiger partial charge in [-0.3, -0.25) is 9.78 Å². The molecule has 104 valence electrons. The van der Waals surface area contributed by atoms with E-state index in [2.05, 4.69) is 20.3 Å². The Bertz CT molecular complexity index is 806. The van der Waals surface area contributed by atoms with Gasteiger partial charge in [-0.1, -0.05) is 12.1 Å². The van der Waals surface area contributed by atoms with Gasteiger partial charge in [0, 0.05) is 6.20 Å². The molecule has 0 aliphatic heterocycles. The van der Waals surface area contributed by atoms with Gasteiger partial charge >= 0.3 is 0 Å². The number of nitrogens with zero attached hydrogens (tertiary/aromatic N) is 3. The maximum atomic E-state index is 12.3. The first-order chi connectivity index (χ1) is 10.3. The predicted octanol–water partition coefficient (Wildman–Crippen LogP) is 3.00. The van der Waals surface area contributed by atoms with Crippen LogP contribution in [0.15, 0.2) is 53.8 Å². The van der Waals surface area contributed by atoms with Gasteiger partial charge in [0.25, 0.3) is 5.91 Å².